The van der Waals surface area contributed by atoms with Crippen LogP contribution in [0.5, 0.6) is 0 Å². The Morgan fingerprint density at radius 3 is 2.96 bits per heavy atom. The van der Waals surface area contributed by atoms with Crippen molar-refractivity contribution < 1.29 is 4.79 Å². The van der Waals surface area contributed by atoms with Gasteiger partial charge in [0.25, 0.3) is 5.91 Å². The van der Waals surface area contributed by atoms with Crippen molar-refractivity contribution >= 4 is 29.0 Å². The monoisotopic (exact) mass is 349 g/mol. The molecule has 23 heavy (non-hydrogen) atoms. The lowest BCUT2D eigenvalue weighted by Crippen LogP contribution is -2.50. The molecule has 1 saturated heterocycles. The molecule has 0 unspecified atom stereocenters. The van der Waals surface area contributed by atoms with Gasteiger partial charge in [-0.2, -0.15) is 16.9 Å². The van der Waals surface area contributed by atoms with Crippen molar-refractivity contribution in [1.29, 1.82) is 0 Å². The number of nitrogens with zero attached hydrogens (tertiary/aromatic N) is 4. The molecule has 1 aliphatic carbocycles. The normalized spacial score (nSPS) is 20.8. The fourth-order valence-electron chi connectivity index (χ4n) is 3.47. The highest BCUT2D eigenvalue weighted by atomic mass is 32.2. The zero-order valence-corrected chi connectivity index (χ0v) is 14.5. The third-order valence-corrected chi connectivity index (χ3v) is 7.03. The van der Waals surface area contributed by atoms with Crippen LogP contribution in [0, 0.1) is 0 Å². The summed E-state index contributed by atoms with van der Waals surface area (Å²) in [7, 11) is 0. The highest BCUT2D eigenvalue weighted by Gasteiger charge is 2.39. The second-order valence-corrected chi connectivity index (χ2v) is 8.61. The quantitative estimate of drug-likeness (QED) is 0.902. The average molecular weight is 349 g/mol. The Morgan fingerprint density at radius 2 is 2.17 bits per heavy atom. The van der Waals surface area contributed by atoms with Gasteiger partial charge in [0.05, 0.1) is 0 Å². The summed E-state index contributed by atoms with van der Waals surface area (Å²) in [6.07, 6.45) is 7.85. The molecule has 3 heterocycles. The number of thiazole rings is 1. The van der Waals surface area contributed by atoms with E-state index in [1.807, 2.05) is 10.3 Å². The lowest BCUT2D eigenvalue weighted by Gasteiger charge is -2.44. The topological polar surface area (TPSA) is 74.8 Å². The molecule has 1 aliphatic heterocycles. The van der Waals surface area contributed by atoms with E-state index in [0.29, 0.717) is 16.5 Å². The van der Waals surface area contributed by atoms with Crippen LogP contribution >= 0.6 is 23.1 Å². The highest BCUT2D eigenvalue weighted by Crippen LogP contribution is 2.43. The number of hydrogen-bond acceptors (Lipinski definition) is 6. The molecule has 1 amide bonds. The van der Waals surface area contributed by atoms with Gasteiger partial charge in [0.1, 0.15) is 12.0 Å². The number of aromatic amines is 1. The maximum atomic E-state index is 12.8. The number of amides is 1. The number of thioether (sulfide) groups is 1. The van der Waals surface area contributed by atoms with Crippen molar-refractivity contribution in [3.63, 3.8) is 0 Å². The van der Waals surface area contributed by atoms with Crippen LogP contribution in [0.3, 0.4) is 0 Å². The highest BCUT2D eigenvalue weighted by molar-refractivity contribution is 8.00. The predicted molar refractivity (Wildman–Crippen MR) is 91.7 cm³/mol. The molecular formula is C15H19N5OS2. The molecule has 0 aromatic carbocycles. The fourth-order valence-corrected chi connectivity index (χ4v) is 5.78. The van der Waals surface area contributed by atoms with E-state index in [0.717, 1.165) is 18.8 Å². The minimum absolute atomic E-state index is 0.0530. The van der Waals surface area contributed by atoms with Crippen molar-refractivity contribution in [3.05, 3.63) is 17.4 Å². The third-order valence-electron chi connectivity index (χ3n) is 4.64. The van der Waals surface area contributed by atoms with E-state index in [1.165, 1.54) is 49.8 Å². The minimum Gasteiger partial charge on any atom is -0.335 e. The lowest BCUT2D eigenvalue weighted by atomic mass is 9.87. The van der Waals surface area contributed by atoms with E-state index in [9.17, 15) is 4.79 Å². The number of carbonyl (C=O) groups is 1. The van der Waals surface area contributed by atoms with Crippen LogP contribution in [0.1, 0.15) is 42.6 Å². The van der Waals surface area contributed by atoms with E-state index in [4.69, 9.17) is 0 Å². The zero-order chi connectivity index (χ0) is 15.7. The molecule has 2 fully saturated rings. The molecule has 6 nitrogen and oxygen atoms in total. The Hall–Kier alpha value is -1.41. The van der Waals surface area contributed by atoms with Gasteiger partial charge in [-0.3, -0.25) is 9.89 Å². The van der Waals surface area contributed by atoms with Crippen LogP contribution in [0.15, 0.2) is 11.7 Å². The molecule has 4 rings (SSSR count). The van der Waals surface area contributed by atoms with Crippen LogP contribution < -0.4 is 0 Å². The molecule has 0 atom stereocenters. The van der Waals surface area contributed by atoms with Gasteiger partial charge >= 0.3 is 0 Å². The number of rotatable bonds is 2. The molecule has 1 spiro atoms. The van der Waals surface area contributed by atoms with Crippen LogP contribution in [-0.4, -0.2) is 54.6 Å². The first-order valence-corrected chi connectivity index (χ1v) is 9.87. The molecule has 0 bridgehead atoms. The molecule has 8 heteroatoms. The predicted octanol–water partition coefficient (Wildman–Crippen LogP) is 2.82. The molecule has 1 saturated carbocycles. The van der Waals surface area contributed by atoms with E-state index in [-0.39, 0.29) is 10.7 Å². The first kappa shape index (κ1) is 15.1. The SMILES string of the molecule is O=C(c1csc(-c2ncn[nH]2)n1)N1CCSC2(CCCCC2)C1. The fraction of sp³-hybridized carbons (Fsp3) is 0.600. The van der Waals surface area contributed by atoms with Gasteiger partial charge in [-0.05, 0) is 12.8 Å². The van der Waals surface area contributed by atoms with Gasteiger partial charge in [0.15, 0.2) is 10.8 Å². The summed E-state index contributed by atoms with van der Waals surface area (Å²) in [5, 5.41) is 9.16. The summed E-state index contributed by atoms with van der Waals surface area (Å²) in [5.74, 6) is 1.70. The van der Waals surface area contributed by atoms with Gasteiger partial charge in [-0.25, -0.2) is 9.97 Å². The van der Waals surface area contributed by atoms with E-state index >= 15 is 0 Å². The lowest BCUT2D eigenvalue weighted by molar-refractivity contribution is 0.0725. The Bertz CT molecular complexity index is 672. The van der Waals surface area contributed by atoms with Crippen molar-refractivity contribution in [2.75, 3.05) is 18.8 Å². The number of carbonyl (C=O) groups excluding carboxylic acids is 1. The van der Waals surface area contributed by atoms with Gasteiger partial charge in [-0.15, -0.1) is 11.3 Å². The van der Waals surface area contributed by atoms with Crippen molar-refractivity contribution in [2.24, 2.45) is 0 Å². The van der Waals surface area contributed by atoms with E-state index in [2.05, 4.69) is 31.9 Å². The summed E-state index contributed by atoms with van der Waals surface area (Å²) >= 11 is 3.50. The first-order valence-electron chi connectivity index (χ1n) is 8.00. The van der Waals surface area contributed by atoms with Gasteiger partial charge in [-0.1, -0.05) is 19.3 Å². The third kappa shape index (κ3) is 3.01. The van der Waals surface area contributed by atoms with E-state index in [1.54, 1.807) is 0 Å². The second kappa shape index (κ2) is 6.24. The molecule has 122 valence electrons. The molecule has 0 radical (unpaired) electrons. The number of nitrogens with one attached hydrogen (secondary N) is 1. The van der Waals surface area contributed by atoms with Crippen LogP contribution in [0.25, 0.3) is 10.8 Å². The van der Waals surface area contributed by atoms with E-state index < -0.39 is 0 Å². The minimum atomic E-state index is 0.0530. The molecule has 1 N–H and O–H groups in total. The Morgan fingerprint density at radius 1 is 1.30 bits per heavy atom. The summed E-state index contributed by atoms with van der Waals surface area (Å²) in [4.78, 5) is 23.4. The Labute approximate surface area is 143 Å². The van der Waals surface area contributed by atoms with Crippen molar-refractivity contribution in [3.8, 4) is 10.8 Å². The van der Waals surface area contributed by atoms with Gasteiger partial charge in [0, 0.05) is 29.0 Å². The maximum Gasteiger partial charge on any atom is 0.273 e. The maximum absolute atomic E-state index is 12.8. The Balaban J connectivity index is 1.50. The van der Waals surface area contributed by atoms with Crippen molar-refractivity contribution in [1.82, 2.24) is 25.1 Å². The second-order valence-electron chi connectivity index (χ2n) is 6.19. The summed E-state index contributed by atoms with van der Waals surface area (Å²) in [6.45, 7) is 1.69. The van der Waals surface area contributed by atoms with Gasteiger partial charge < -0.3 is 4.90 Å². The van der Waals surface area contributed by atoms with Gasteiger partial charge in [0.2, 0.25) is 0 Å². The number of aromatic nitrogens is 4. The average Bonchev–Trinajstić information content (AvgIpc) is 3.26. The number of hydrogen-bond donors (Lipinski definition) is 1. The molecule has 2 aromatic heterocycles. The Kier molecular flexibility index (Phi) is 4.11. The summed E-state index contributed by atoms with van der Waals surface area (Å²) < 4.78 is 0.288. The van der Waals surface area contributed by atoms with Crippen LogP contribution in [0.2, 0.25) is 0 Å². The smallest absolute Gasteiger partial charge is 0.273 e. The standard InChI is InChI=1S/C15H19N5OS2/c21-14(11-8-22-13(18-11)12-16-10-17-19-12)20-6-7-23-15(9-20)4-2-1-3-5-15/h8,10H,1-7,9H2,(H,16,17,19). The van der Waals surface area contributed by atoms with Crippen molar-refractivity contribution in [2.45, 2.75) is 36.9 Å². The van der Waals surface area contributed by atoms with Crippen LogP contribution in [0.4, 0.5) is 0 Å². The largest absolute Gasteiger partial charge is 0.335 e. The number of H-pyrrole nitrogens is 1. The molecular weight excluding hydrogens is 330 g/mol. The first-order chi connectivity index (χ1) is 11.3. The summed E-state index contributed by atoms with van der Waals surface area (Å²) in [5.41, 5.74) is 0.527. The molecule has 2 aliphatic rings. The molecule has 2 aromatic rings. The zero-order valence-electron chi connectivity index (χ0n) is 12.8. The summed E-state index contributed by atoms with van der Waals surface area (Å²) in [6, 6.07) is 0. The van der Waals surface area contributed by atoms with Crippen LogP contribution in [-0.2, 0) is 0 Å².